The van der Waals surface area contributed by atoms with Crippen molar-refractivity contribution in [1.82, 2.24) is 9.80 Å². The number of nitrogens with zero attached hydrogens (tertiary/aromatic N) is 3. The number of benzene rings is 1. The quantitative estimate of drug-likeness (QED) is 0.859. The molecular formula is C15H19ClFN3. The number of nitriles is 1. The van der Waals surface area contributed by atoms with E-state index in [0.29, 0.717) is 0 Å². The highest BCUT2D eigenvalue weighted by atomic mass is 35.5. The third-order valence-electron chi connectivity index (χ3n) is 3.83. The molecule has 0 radical (unpaired) electrons. The minimum Gasteiger partial charge on any atom is -0.297 e. The van der Waals surface area contributed by atoms with E-state index in [1.54, 1.807) is 6.07 Å². The Kier molecular flexibility index (Phi) is 4.64. The van der Waals surface area contributed by atoms with Gasteiger partial charge in [-0.1, -0.05) is 17.7 Å². The average Bonchev–Trinajstić information content (AvgIpc) is 2.43. The summed E-state index contributed by atoms with van der Waals surface area (Å²) in [4.78, 5) is 4.46. The Hall–Kier alpha value is -1.15. The fourth-order valence-electron chi connectivity index (χ4n) is 2.43. The number of hydrogen-bond donors (Lipinski definition) is 0. The Morgan fingerprint density at radius 1 is 1.30 bits per heavy atom. The summed E-state index contributed by atoms with van der Waals surface area (Å²) in [5.74, 6) is -0.367. The fraction of sp³-hybridized carbons (Fsp3) is 0.533. The molecular weight excluding hydrogens is 277 g/mol. The van der Waals surface area contributed by atoms with Crippen LogP contribution in [-0.4, -0.2) is 41.5 Å². The second kappa shape index (κ2) is 6.09. The molecule has 0 amide bonds. The van der Waals surface area contributed by atoms with E-state index in [2.05, 4.69) is 15.9 Å². The van der Waals surface area contributed by atoms with Gasteiger partial charge in [0.1, 0.15) is 11.4 Å². The van der Waals surface area contributed by atoms with Crippen LogP contribution in [0.2, 0.25) is 5.02 Å². The van der Waals surface area contributed by atoms with Crippen LogP contribution in [0.5, 0.6) is 0 Å². The van der Waals surface area contributed by atoms with Crippen LogP contribution >= 0.6 is 11.6 Å². The Morgan fingerprint density at radius 3 is 2.50 bits per heavy atom. The summed E-state index contributed by atoms with van der Waals surface area (Å²) in [6.45, 7) is 8.08. The summed E-state index contributed by atoms with van der Waals surface area (Å²) in [7, 11) is 0. The number of piperazine rings is 1. The van der Waals surface area contributed by atoms with Gasteiger partial charge < -0.3 is 0 Å². The Morgan fingerprint density at radius 2 is 1.95 bits per heavy atom. The molecule has 20 heavy (non-hydrogen) atoms. The molecule has 108 valence electrons. The van der Waals surface area contributed by atoms with Crippen molar-refractivity contribution in [2.45, 2.75) is 25.9 Å². The van der Waals surface area contributed by atoms with Gasteiger partial charge in [-0.2, -0.15) is 5.26 Å². The van der Waals surface area contributed by atoms with Gasteiger partial charge in [-0.25, -0.2) is 4.39 Å². The molecule has 1 aromatic carbocycles. The predicted octanol–water partition coefficient (Wildman–Crippen LogP) is 2.90. The van der Waals surface area contributed by atoms with Crippen molar-refractivity contribution in [3.05, 3.63) is 34.6 Å². The summed E-state index contributed by atoms with van der Waals surface area (Å²) in [5, 5.41) is 9.31. The maximum absolute atomic E-state index is 13.4. The van der Waals surface area contributed by atoms with Crippen molar-refractivity contribution in [1.29, 1.82) is 5.26 Å². The van der Waals surface area contributed by atoms with Crippen LogP contribution in [0.15, 0.2) is 18.2 Å². The minimum atomic E-state index is -0.418. The van der Waals surface area contributed by atoms with Crippen LogP contribution < -0.4 is 0 Å². The summed E-state index contributed by atoms with van der Waals surface area (Å²) < 4.78 is 13.4. The highest BCUT2D eigenvalue weighted by Gasteiger charge is 2.29. The Labute approximate surface area is 124 Å². The normalized spacial score (nSPS) is 17.9. The van der Waals surface area contributed by atoms with Crippen molar-refractivity contribution in [3.63, 3.8) is 0 Å². The largest absolute Gasteiger partial charge is 0.297 e. The second-order valence-electron chi connectivity index (χ2n) is 5.68. The van der Waals surface area contributed by atoms with Crippen LogP contribution in [-0.2, 0) is 6.54 Å². The van der Waals surface area contributed by atoms with E-state index in [4.69, 9.17) is 16.9 Å². The molecule has 1 aliphatic rings. The molecule has 2 rings (SSSR count). The molecule has 1 heterocycles. The zero-order chi connectivity index (χ0) is 14.8. The molecule has 1 fully saturated rings. The number of hydrogen-bond acceptors (Lipinski definition) is 3. The van der Waals surface area contributed by atoms with Gasteiger partial charge in [-0.05, 0) is 31.5 Å². The maximum Gasteiger partial charge on any atom is 0.142 e. The highest BCUT2D eigenvalue weighted by molar-refractivity contribution is 6.30. The van der Waals surface area contributed by atoms with Gasteiger partial charge in [0.05, 0.1) is 11.1 Å². The molecule has 1 saturated heterocycles. The van der Waals surface area contributed by atoms with Crippen LogP contribution in [0.4, 0.5) is 4.39 Å². The van der Waals surface area contributed by atoms with Crippen LogP contribution in [0.1, 0.15) is 19.4 Å². The SMILES string of the molecule is CC(C)(C#N)N1CCN(Cc2ccc(Cl)c(F)c2)CC1. The third kappa shape index (κ3) is 3.49. The molecule has 0 atom stereocenters. The molecule has 0 aromatic heterocycles. The van der Waals surface area contributed by atoms with E-state index < -0.39 is 5.54 Å². The predicted molar refractivity (Wildman–Crippen MR) is 78.0 cm³/mol. The van der Waals surface area contributed by atoms with Crippen molar-refractivity contribution in [2.75, 3.05) is 26.2 Å². The first-order chi connectivity index (χ1) is 9.42. The molecule has 0 aliphatic carbocycles. The molecule has 3 nitrogen and oxygen atoms in total. The summed E-state index contributed by atoms with van der Waals surface area (Å²) in [5.41, 5.74) is 0.512. The second-order valence-corrected chi connectivity index (χ2v) is 6.09. The lowest BCUT2D eigenvalue weighted by atomic mass is 10.0. The lowest BCUT2D eigenvalue weighted by Crippen LogP contribution is -2.53. The summed E-state index contributed by atoms with van der Waals surface area (Å²) in [6.07, 6.45) is 0. The van der Waals surface area contributed by atoms with Gasteiger partial charge in [0.15, 0.2) is 0 Å². The van der Waals surface area contributed by atoms with Crippen molar-refractivity contribution < 1.29 is 4.39 Å². The maximum atomic E-state index is 13.4. The van der Waals surface area contributed by atoms with Crippen LogP contribution in [0.25, 0.3) is 0 Å². The van der Waals surface area contributed by atoms with E-state index in [1.165, 1.54) is 6.07 Å². The zero-order valence-electron chi connectivity index (χ0n) is 11.9. The van der Waals surface area contributed by atoms with Crippen LogP contribution in [0, 0.1) is 17.1 Å². The summed E-state index contributed by atoms with van der Waals surface area (Å²) in [6, 6.07) is 7.28. The molecule has 5 heteroatoms. The van der Waals surface area contributed by atoms with E-state index in [0.717, 1.165) is 38.3 Å². The standard InChI is InChI=1S/C15H19ClFN3/c1-15(2,11-18)20-7-5-19(6-8-20)10-12-3-4-13(16)14(17)9-12/h3-4,9H,5-8,10H2,1-2H3. The first kappa shape index (κ1) is 15.2. The van der Waals surface area contributed by atoms with E-state index >= 15 is 0 Å². The van der Waals surface area contributed by atoms with Crippen molar-refractivity contribution in [3.8, 4) is 6.07 Å². The molecule has 1 aliphatic heterocycles. The van der Waals surface area contributed by atoms with Gasteiger partial charge in [-0.15, -0.1) is 0 Å². The van der Waals surface area contributed by atoms with Gasteiger partial charge >= 0.3 is 0 Å². The zero-order valence-corrected chi connectivity index (χ0v) is 12.6. The minimum absolute atomic E-state index is 0.161. The first-order valence-corrected chi connectivity index (χ1v) is 7.13. The van der Waals surface area contributed by atoms with E-state index in [1.807, 2.05) is 19.9 Å². The molecule has 0 bridgehead atoms. The highest BCUT2D eigenvalue weighted by Crippen LogP contribution is 2.19. The smallest absolute Gasteiger partial charge is 0.142 e. The fourth-order valence-corrected chi connectivity index (χ4v) is 2.55. The van der Waals surface area contributed by atoms with Crippen LogP contribution in [0.3, 0.4) is 0 Å². The molecule has 0 N–H and O–H groups in total. The van der Waals surface area contributed by atoms with E-state index in [-0.39, 0.29) is 10.8 Å². The Balaban J connectivity index is 1.92. The van der Waals surface area contributed by atoms with Gasteiger partial charge in [0, 0.05) is 32.7 Å². The first-order valence-electron chi connectivity index (χ1n) is 6.75. The molecule has 1 aromatic rings. The molecule has 0 unspecified atom stereocenters. The monoisotopic (exact) mass is 295 g/mol. The topological polar surface area (TPSA) is 30.3 Å². The molecule has 0 saturated carbocycles. The lowest BCUT2D eigenvalue weighted by Gasteiger charge is -2.40. The van der Waals surface area contributed by atoms with Gasteiger partial charge in [-0.3, -0.25) is 9.80 Å². The van der Waals surface area contributed by atoms with Gasteiger partial charge in [0.2, 0.25) is 0 Å². The molecule has 0 spiro atoms. The summed E-state index contributed by atoms with van der Waals surface area (Å²) >= 11 is 5.68. The lowest BCUT2D eigenvalue weighted by molar-refractivity contribution is 0.0763. The van der Waals surface area contributed by atoms with E-state index in [9.17, 15) is 4.39 Å². The number of halogens is 2. The number of rotatable bonds is 3. The Bertz CT molecular complexity index is 516. The van der Waals surface area contributed by atoms with Gasteiger partial charge in [0.25, 0.3) is 0 Å². The van der Waals surface area contributed by atoms with Crippen molar-refractivity contribution >= 4 is 11.6 Å². The van der Waals surface area contributed by atoms with Crippen molar-refractivity contribution in [2.24, 2.45) is 0 Å². The average molecular weight is 296 g/mol. The third-order valence-corrected chi connectivity index (χ3v) is 4.13.